The highest BCUT2D eigenvalue weighted by Gasteiger charge is 2.35. The van der Waals surface area contributed by atoms with Crippen LogP contribution in [0.2, 0.25) is 0 Å². The first kappa shape index (κ1) is 25.9. The molecule has 34 heavy (non-hydrogen) atoms. The molecule has 2 nitrogen and oxygen atoms in total. The van der Waals surface area contributed by atoms with Crippen LogP contribution in [0.25, 0.3) is 0 Å². The Morgan fingerprint density at radius 3 is 1.97 bits per heavy atom. The van der Waals surface area contributed by atoms with E-state index in [-0.39, 0.29) is 11.7 Å². The monoisotopic (exact) mass is 476 g/mol. The van der Waals surface area contributed by atoms with E-state index in [0.29, 0.717) is 18.3 Å². The molecule has 1 heterocycles. The van der Waals surface area contributed by atoms with Gasteiger partial charge in [-0.15, -0.1) is 0 Å². The third-order valence-corrected chi connectivity index (χ3v) is 9.27. The van der Waals surface area contributed by atoms with Gasteiger partial charge in [-0.2, -0.15) is 4.39 Å². The summed E-state index contributed by atoms with van der Waals surface area (Å²) in [5.41, 5.74) is 0.549. The van der Waals surface area contributed by atoms with Crippen molar-refractivity contribution in [3.8, 4) is 5.75 Å². The van der Waals surface area contributed by atoms with E-state index in [0.717, 1.165) is 56.0 Å². The molecule has 1 aliphatic heterocycles. The third kappa shape index (κ3) is 6.33. The first-order chi connectivity index (χ1) is 16.6. The standard InChI is InChI=1S/C30H46F2O2/c1-3-5-6-7-26-17-16-25(20-34-26)23-10-8-21(9-11-23)22-12-14-24(15-13-22)27-18-19-28(33-4-2)30(32)29(27)31/h18-19,21-26H,3-17,20H2,1-2H3. The van der Waals surface area contributed by atoms with E-state index in [1.165, 1.54) is 64.2 Å². The lowest BCUT2D eigenvalue weighted by Crippen LogP contribution is -2.33. The summed E-state index contributed by atoms with van der Waals surface area (Å²) in [6.07, 6.45) is 18.0. The van der Waals surface area contributed by atoms with E-state index in [4.69, 9.17) is 9.47 Å². The van der Waals surface area contributed by atoms with Crippen LogP contribution < -0.4 is 4.74 Å². The number of hydrogen-bond donors (Lipinski definition) is 0. The molecule has 2 unspecified atom stereocenters. The van der Waals surface area contributed by atoms with Gasteiger partial charge >= 0.3 is 0 Å². The summed E-state index contributed by atoms with van der Waals surface area (Å²) < 4.78 is 40.5. The van der Waals surface area contributed by atoms with Crippen LogP contribution in [0.4, 0.5) is 8.78 Å². The fourth-order valence-corrected chi connectivity index (χ4v) is 7.17. The molecule has 0 radical (unpaired) electrons. The van der Waals surface area contributed by atoms with Crippen LogP contribution >= 0.6 is 0 Å². The summed E-state index contributed by atoms with van der Waals surface area (Å²) in [7, 11) is 0. The van der Waals surface area contributed by atoms with E-state index in [9.17, 15) is 8.78 Å². The molecule has 4 heteroatoms. The smallest absolute Gasteiger partial charge is 0.200 e. The fraction of sp³-hybridized carbons (Fsp3) is 0.800. The number of ether oxygens (including phenoxy) is 2. The van der Waals surface area contributed by atoms with Crippen LogP contribution in [-0.4, -0.2) is 19.3 Å². The molecular weight excluding hydrogens is 430 g/mol. The summed E-state index contributed by atoms with van der Waals surface area (Å²) in [5, 5.41) is 0. The Labute approximate surface area is 206 Å². The van der Waals surface area contributed by atoms with Crippen molar-refractivity contribution in [1.82, 2.24) is 0 Å². The van der Waals surface area contributed by atoms with Crippen molar-refractivity contribution >= 4 is 0 Å². The largest absolute Gasteiger partial charge is 0.491 e. The normalized spacial score (nSPS) is 32.5. The van der Waals surface area contributed by atoms with Gasteiger partial charge in [-0.05, 0) is 119 Å². The highest BCUT2D eigenvalue weighted by Crippen LogP contribution is 2.46. The molecule has 1 aromatic carbocycles. The predicted molar refractivity (Wildman–Crippen MR) is 134 cm³/mol. The second kappa shape index (κ2) is 12.7. The molecule has 1 aromatic rings. The van der Waals surface area contributed by atoms with Gasteiger partial charge in [0.1, 0.15) is 0 Å². The van der Waals surface area contributed by atoms with Gasteiger partial charge in [0, 0.05) is 0 Å². The molecule has 3 aliphatic rings. The minimum atomic E-state index is -0.821. The lowest BCUT2D eigenvalue weighted by atomic mass is 9.66. The molecule has 4 rings (SSSR count). The van der Waals surface area contributed by atoms with Gasteiger partial charge in [-0.1, -0.05) is 32.3 Å². The van der Waals surface area contributed by atoms with Gasteiger partial charge in [-0.25, -0.2) is 4.39 Å². The number of rotatable bonds is 9. The van der Waals surface area contributed by atoms with Crippen LogP contribution in [0.15, 0.2) is 12.1 Å². The van der Waals surface area contributed by atoms with Gasteiger partial charge in [0.25, 0.3) is 0 Å². The highest BCUT2D eigenvalue weighted by atomic mass is 19.2. The molecule has 1 saturated heterocycles. The molecule has 0 amide bonds. The fourth-order valence-electron chi connectivity index (χ4n) is 7.17. The molecule has 2 aliphatic carbocycles. The Hall–Kier alpha value is -1.16. The van der Waals surface area contributed by atoms with E-state index < -0.39 is 11.6 Å². The first-order valence-electron chi connectivity index (χ1n) is 14.3. The second-order valence-corrected chi connectivity index (χ2v) is 11.3. The van der Waals surface area contributed by atoms with E-state index in [1.54, 1.807) is 19.1 Å². The van der Waals surface area contributed by atoms with Gasteiger partial charge in [0.05, 0.1) is 19.3 Å². The molecule has 0 spiro atoms. The maximum atomic E-state index is 14.7. The topological polar surface area (TPSA) is 18.5 Å². The Bertz CT molecular complexity index is 742. The van der Waals surface area contributed by atoms with E-state index in [1.807, 2.05) is 0 Å². The van der Waals surface area contributed by atoms with Gasteiger partial charge in [-0.3, -0.25) is 0 Å². The average molecular weight is 477 g/mol. The van der Waals surface area contributed by atoms with Crippen molar-refractivity contribution < 1.29 is 18.3 Å². The third-order valence-electron chi connectivity index (χ3n) is 9.27. The Morgan fingerprint density at radius 2 is 1.38 bits per heavy atom. The SMILES string of the molecule is CCCCCC1CCC(C2CCC(C3CCC(c4ccc(OCC)c(F)c4F)CC3)CC2)CO1. The second-order valence-electron chi connectivity index (χ2n) is 11.3. The van der Waals surface area contributed by atoms with E-state index in [2.05, 4.69) is 6.92 Å². The number of hydrogen-bond acceptors (Lipinski definition) is 2. The first-order valence-corrected chi connectivity index (χ1v) is 14.3. The highest BCUT2D eigenvalue weighted by molar-refractivity contribution is 5.33. The Morgan fingerprint density at radius 1 is 0.765 bits per heavy atom. The Balaban J connectivity index is 1.19. The zero-order valence-corrected chi connectivity index (χ0v) is 21.5. The lowest BCUT2D eigenvalue weighted by molar-refractivity contribution is -0.0443. The molecular formula is C30H46F2O2. The maximum Gasteiger partial charge on any atom is 0.200 e. The molecule has 3 fully saturated rings. The molecule has 0 bridgehead atoms. The van der Waals surface area contributed by atoms with Gasteiger partial charge in [0.2, 0.25) is 5.82 Å². The van der Waals surface area contributed by atoms with Gasteiger partial charge in [0.15, 0.2) is 11.6 Å². The van der Waals surface area contributed by atoms with Crippen molar-refractivity contribution in [3.63, 3.8) is 0 Å². The van der Waals surface area contributed by atoms with Crippen LogP contribution in [0.5, 0.6) is 5.75 Å². The van der Waals surface area contributed by atoms with Crippen molar-refractivity contribution in [1.29, 1.82) is 0 Å². The molecule has 192 valence electrons. The van der Waals surface area contributed by atoms with Crippen LogP contribution in [0.1, 0.15) is 115 Å². The van der Waals surface area contributed by atoms with Crippen LogP contribution in [0.3, 0.4) is 0 Å². The van der Waals surface area contributed by atoms with Crippen molar-refractivity contribution in [2.24, 2.45) is 23.7 Å². The molecule has 0 N–H and O–H groups in total. The summed E-state index contributed by atoms with van der Waals surface area (Å²) in [5.74, 6) is 1.87. The number of halogens is 2. The summed E-state index contributed by atoms with van der Waals surface area (Å²) in [6.45, 7) is 5.38. The molecule has 0 aromatic heterocycles. The quantitative estimate of drug-likeness (QED) is 0.331. The zero-order valence-electron chi connectivity index (χ0n) is 21.5. The van der Waals surface area contributed by atoms with Crippen LogP contribution in [-0.2, 0) is 4.74 Å². The summed E-state index contributed by atoms with van der Waals surface area (Å²) >= 11 is 0. The molecule has 2 saturated carbocycles. The average Bonchev–Trinajstić information content (AvgIpc) is 2.88. The summed E-state index contributed by atoms with van der Waals surface area (Å²) in [4.78, 5) is 0. The van der Waals surface area contributed by atoms with Crippen molar-refractivity contribution in [2.45, 2.75) is 116 Å². The van der Waals surface area contributed by atoms with Crippen molar-refractivity contribution in [2.75, 3.05) is 13.2 Å². The number of benzene rings is 1. The summed E-state index contributed by atoms with van der Waals surface area (Å²) in [6, 6.07) is 3.35. The zero-order chi connectivity index (χ0) is 23.9. The van der Waals surface area contributed by atoms with Gasteiger partial charge < -0.3 is 9.47 Å². The minimum Gasteiger partial charge on any atom is -0.491 e. The number of unbranched alkanes of at least 4 members (excludes halogenated alkanes) is 2. The van der Waals surface area contributed by atoms with E-state index >= 15 is 0 Å². The van der Waals surface area contributed by atoms with Crippen LogP contribution in [0, 0.1) is 35.3 Å². The van der Waals surface area contributed by atoms with Crippen molar-refractivity contribution in [3.05, 3.63) is 29.3 Å². The minimum absolute atomic E-state index is 0.0320. The molecule has 2 atom stereocenters. The predicted octanol–water partition coefficient (Wildman–Crippen LogP) is 8.82. The lowest BCUT2D eigenvalue weighted by Gasteiger charge is -2.41. The Kier molecular flexibility index (Phi) is 9.68. The maximum absolute atomic E-state index is 14.7.